The monoisotopic (exact) mass is 758 g/mol. The summed E-state index contributed by atoms with van der Waals surface area (Å²) < 4.78 is 11.0. The summed E-state index contributed by atoms with van der Waals surface area (Å²) >= 11 is 12.4. The van der Waals surface area contributed by atoms with Gasteiger partial charge >= 0.3 is 0 Å². The molecule has 274 valence electrons. The van der Waals surface area contributed by atoms with Gasteiger partial charge in [-0.3, -0.25) is 10.1 Å². The van der Waals surface area contributed by atoms with E-state index in [4.69, 9.17) is 43.5 Å². The zero-order chi connectivity index (χ0) is 37.6. The Kier molecular flexibility index (Phi) is 12.6. The Balaban J connectivity index is 0.000000191. The van der Waals surface area contributed by atoms with E-state index in [0.717, 1.165) is 54.9 Å². The molecule has 3 N–H and O–H groups in total. The van der Waals surface area contributed by atoms with Crippen LogP contribution in [0.5, 0.6) is 11.5 Å². The van der Waals surface area contributed by atoms with Gasteiger partial charge in [-0.05, 0) is 81.7 Å². The van der Waals surface area contributed by atoms with Crippen molar-refractivity contribution in [1.82, 2.24) is 0 Å². The second kappa shape index (κ2) is 17.3. The van der Waals surface area contributed by atoms with Crippen LogP contribution in [0.4, 0.5) is 11.4 Å². The third kappa shape index (κ3) is 7.48. The van der Waals surface area contributed by atoms with E-state index in [-0.39, 0.29) is 24.6 Å². The molecule has 0 aliphatic heterocycles. The van der Waals surface area contributed by atoms with Gasteiger partial charge in [0.1, 0.15) is 11.5 Å². The summed E-state index contributed by atoms with van der Waals surface area (Å²) in [5.74, 6) is 1.30. The van der Waals surface area contributed by atoms with Crippen molar-refractivity contribution in [3.8, 4) is 33.8 Å². The third-order valence-electron chi connectivity index (χ3n) is 8.92. The summed E-state index contributed by atoms with van der Waals surface area (Å²) in [6.07, 6.45) is 0. The third-order valence-corrected chi connectivity index (χ3v) is 9.39. The summed E-state index contributed by atoms with van der Waals surface area (Å²) in [4.78, 5) is 11.7. The van der Waals surface area contributed by atoms with E-state index in [2.05, 4.69) is 24.3 Å². The average Bonchev–Trinajstić information content (AvgIpc) is 3.18. The Morgan fingerprint density at radius 3 is 1.35 bits per heavy atom. The van der Waals surface area contributed by atoms with Crippen LogP contribution in [0.15, 0.2) is 133 Å². The molecule has 0 radical (unpaired) electrons. The Hall–Kier alpha value is -5.86. The first kappa shape index (κ1) is 39.3. The fourth-order valence-electron chi connectivity index (χ4n) is 6.79. The molecule has 9 heteroatoms. The molecular weight excluding hydrogens is 719 g/mol. The van der Waals surface area contributed by atoms with E-state index in [0.29, 0.717) is 32.3 Å². The van der Waals surface area contributed by atoms with E-state index < -0.39 is 0 Å². The molecular formula is C45H40Cl2N2O5. The summed E-state index contributed by atoms with van der Waals surface area (Å²) in [6, 6.07) is 42.3. The van der Waals surface area contributed by atoms with Crippen LogP contribution in [-0.4, -0.2) is 30.9 Å². The summed E-state index contributed by atoms with van der Waals surface area (Å²) in [7, 11) is 3.20. The van der Waals surface area contributed by atoms with Crippen LogP contribution in [0.25, 0.3) is 65.3 Å². The average molecular weight is 760 g/mol. The highest BCUT2D eigenvalue weighted by atomic mass is 35.5. The smallest absolute Gasteiger partial charge is 0.285 e. The van der Waals surface area contributed by atoms with Crippen molar-refractivity contribution in [2.24, 2.45) is 0 Å². The van der Waals surface area contributed by atoms with Crippen molar-refractivity contribution in [2.45, 2.75) is 14.4 Å². The fourth-order valence-corrected chi connectivity index (χ4v) is 7.14. The van der Waals surface area contributed by atoms with Crippen molar-refractivity contribution in [2.75, 3.05) is 26.6 Å². The minimum Gasteiger partial charge on any atom is -0.496 e. The number of methoxy groups -OCH3 is 2. The van der Waals surface area contributed by atoms with Gasteiger partial charge in [0.2, 0.25) is 0 Å². The maximum atomic E-state index is 12.1. The van der Waals surface area contributed by atoms with E-state index in [1.165, 1.54) is 5.39 Å². The number of hydrogen-bond donors (Lipinski definition) is 2. The van der Waals surface area contributed by atoms with E-state index in [9.17, 15) is 10.1 Å². The molecule has 0 aliphatic carbocycles. The Bertz CT molecular complexity index is 2630. The van der Waals surface area contributed by atoms with Gasteiger partial charge in [0.05, 0.1) is 30.1 Å². The topological polar surface area (TPSA) is 108 Å². The highest BCUT2D eigenvalue weighted by Gasteiger charge is 2.26. The molecule has 8 aromatic carbocycles. The van der Waals surface area contributed by atoms with Crippen molar-refractivity contribution >= 4 is 77.7 Å². The molecule has 8 aromatic rings. The summed E-state index contributed by atoms with van der Waals surface area (Å²) in [5.41, 5.74) is 10.4. The molecule has 0 bridgehead atoms. The molecule has 7 nitrogen and oxygen atoms in total. The largest absolute Gasteiger partial charge is 0.496 e. The van der Waals surface area contributed by atoms with Crippen LogP contribution in [0.2, 0.25) is 10.0 Å². The minimum absolute atomic E-state index is 0. The SMILES string of the molecule is C.CCO.COc1ccc(Cl)cc1-c1c(N)c2ccccc2c2ccccc12.COc1ccc(Cl)cc1-c1c([N+](=O)[O-])c2ccccc2c2ccccc12. The first-order chi connectivity index (χ1) is 25.7. The number of nitrogens with two attached hydrogens (primary N) is 1. The Labute approximate surface area is 324 Å². The summed E-state index contributed by atoms with van der Waals surface area (Å²) in [6.45, 7) is 1.93. The first-order valence-corrected chi connectivity index (χ1v) is 17.5. The van der Waals surface area contributed by atoms with E-state index in [1.54, 1.807) is 45.4 Å². The number of fused-ring (bicyclic) bond motifs is 6. The lowest BCUT2D eigenvalue weighted by molar-refractivity contribution is -0.382. The van der Waals surface area contributed by atoms with Crippen LogP contribution < -0.4 is 15.2 Å². The number of nitrogens with zero attached hydrogens (tertiary/aromatic N) is 1. The van der Waals surface area contributed by atoms with Crippen LogP contribution in [-0.2, 0) is 0 Å². The zero-order valence-electron chi connectivity index (χ0n) is 29.3. The maximum Gasteiger partial charge on any atom is 0.285 e. The van der Waals surface area contributed by atoms with Gasteiger partial charge in [-0.1, -0.05) is 122 Å². The molecule has 54 heavy (non-hydrogen) atoms. The van der Waals surface area contributed by atoms with Crippen molar-refractivity contribution in [1.29, 1.82) is 0 Å². The van der Waals surface area contributed by atoms with Gasteiger partial charge in [0, 0.05) is 44.4 Å². The number of aliphatic hydroxyl groups is 1. The highest BCUT2D eigenvalue weighted by molar-refractivity contribution is 6.32. The lowest BCUT2D eigenvalue weighted by Crippen LogP contribution is -1.97. The van der Waals surface area contributed by atoms with Gasteiger partial charge in [-0.15, -0.1) is 0 Å². The molecule has 0 heterocycles. The molecule has 0 amide bonds. The number of rotatable bonds is 5. The first-order valence-electron chi connectivity index (χ1n) is 16.8. The number of nitro benzene ring substituents is 1. The highest BCUT2D eigenvalue weighted by Crippen LogP contribution is 2.47. The van der Waals surface area contributed by atoms with Gasteiger partial charge in [0.15, 0.2) is 0 Å². The minimum atomic E-state index is -0.329. The number of ether oxygens (including phenoxy) is 2. The molecule has 0 atom stereocenters. The quantitative estimate of drug-likeness (QED) is 0.0783. The molecule has 0 aliphatic rings. The predicted octanol–water partition coefficient (Wildman–Crippen LogP) is 12.8. The molecule has 0 fully saturated rings. The molecule has 0 unspecified atom stereocenters. The Morgan fingerprint density at radius 1 is 0.593 bits per heavy atom. The lowest BCUT2D eigenvalue weighted by atomic mass is 9.91. The number of nitrogen functional groups attached to an aromatic ring is 1. The standard InChI is InChI=1S/C21H14ClNO3.C21H16ClNO.C2H6O.CH4/c1-26-19-11-10-13(22)12-18(19)20-16-8-4-2-6-14(16)15-7-3-5-9-17(15)21(20)23(24)25;1-24-19-11-10-13(22)12-18(19)20-16-8-4-2-6-14(16)15-7-3-5-9-17(15)21(20)23;1-2-3;/h2-12H,1H3;2-12H,23H2,1H3;3H,2H2,1H3;1H4. The summed E-state index contributed by atoms with van der Waals surface area (Å²) in [5, 5.41) is 28.4. The number of hydrogen-bond acceptors (Lipinski definition) is 6. The number of nitro groups is 1. The van der Waals surface area contributed by atoms with Crippen LogP contribution in [0, 0.1) is 10.1 Å². The Morgan fingerprint density at radius 2 is 0.926 bits per heavy atom. The second-order valence-corrected chi connectivity index (χ2v) is 12.8. The zero-order valence-corrected chi connectivity index (χ0v) is 30.8. The molecule has 0 saturated carbocycles. The number of anilines is 1. The molecule has 8 rings (SSSR count). The normalized spacial score (nSPS) is 10.6. The molecule has 0 aromatic heterocycles. The van der Waals surface area contributed by atoms with Gasteiger partial charge in [-0.2, -0.15) is 0 Å². The number of aliphatic hydroxyl groups excluding tert-OH is 1. The van der Waals surface area contributed by atoms with Crippen molar-refractivity contribution in [3.05, 3.63) is 154 Å². The molecule has 0 spiro atoms. The van der Waals surface area contributed by atoms with Crippen LogP contribution >= 0.6 is 23.2 Å². The number of benzene rings is 8. The number of halogens is 2. The van der Waals surface area contributed by atoms with Gasteiger partial charge in [0.25, 0.3) is 5.69 Å². The van der Waals surface area contributed by atoms with E-state index >= 15 is 0 Å². The second-order valence-electron chi connectivity index (χ2n) is 12.0. The van der Waals surface area contributed by atoms with E-state index in [1.807, 2.05) is 84.9 Å². The maximum absolute atomic E-state index is 12.1. The predicted molar refractivity (Wildman–Crippen MR) is 227 cm³/mol. The van der Waals surface area contributed by atoms with Gasteiger partial charge < -0.3 is 20.3 Å². The fraction of sp³-hybridized carbons (Fsp3) is 0.111. The lowest BCUT2D eigenvalue weighted by Gasteiger charge is -2.17. The molecule has 0 saturated heterocycles. The van der Waals surface area contributed by atoms with Crippen molar-refractivity contribution < 1.29 is 19.5 Å². The van der Waals surface area contributed by atoms with Gasteiger partial charge in [-0.25, -0.2) is 0 Å². The van der Waals surface area contributed by atoms with Crippen molar-refractivity contribution in [3.63, 3.8) is 0 Å². The van der Waals surface area contributed by atoms with Crippen LogP contribution in [0.1, 0.15) is 14.4 Å². The van der Waals surface area contributed by atoms with Crippen LogP contribution in [0.3, 0.4) is 0 Å².